The Balaban J connectivity index is 2.06. The molecule has 0 saturated heterocycles. The summed E-state index contributed by atoms with van der Waals surface area (Å²) in [6, 6.07) is 5.29. The van der Waals surface area contributed by atoms with Gasteiger partial charge < -0.3 is 20.6 Å². The lowest BCUT2D eigenvalue weighted by Crippen LogP contribution is -2.45. The van der Waals surface area contributed by atoms with Crippen LogP contribution in [0.5, 0.6) is 0 Å². The van der Waals surface area contributed by atoms with Gasteiger partial charge in [-0.05, 0) is 50.6 Å². The van der Waals surface area contributed by atoms with Gasteiger partial charge in [-0.25, -0.2) is 4.68 Å². The minimum atomic E-state index is -1.17. The molecule has 0 bridgehead atoms. The minimum absolute atomic E-state index is 0.0750. The second kappa shape index (κ2) is 12.5. The second-order valence-electron chi connectivity index (χ2n) is 7.66. The molecule has 4 N–H and O–H groups in total. The summed E-state index contributed by atoms with van der Waals surface area (Å²) in [6.45, 7) is -0.349. The van der Waals surface area contributed by atoms with E-state index in [9.17, 15) is 29.0 Å². The standard InChI is InChI=1S/C21H28FN5O6/c1-26(18(21(32)33)8-9-19(28)29)12-16(11-20(30)31)23-14-4-6-17(7-5-14)27-13-15(24-25-27)3-2-10-22/h4-7,13,16,18,23H,2-3,8-12H2,1H3,(H,28,29)(H,30,31)(H,32,33)/t16-,18-/m0/s1. The first-order chi connectivity index (χ1) is 15.7. The fourth-order valence-corrected chi connectivity index (χ4v) is 3.37. The number of nitrogens with zero attached hydrogens (tertiary/aromatic N) is 4. The normalized spacial score (nSPS) is 12.9. The van der Waals surface area contributed by atoms with E-state index in [4.69, 9.17) is 5.11 Å². The highest BCUT2D eigenvalue weighted by Gasteiger charge is 2.26. The lowest BCUT2D eigenvalue weighted by atomic mass is 10.1. The summed E-state index contributed by atoms with van der Waals surface area (Å²) in [5.74, 6) is -3.33. The van der Waals surface area contributed by atoms with Gasteiger partial charge in [0.05, 0.1) is 30.7 Å². The molecule has 11 nitrogen and oxygen atoms in total. The molecule has 2 atom stereocenters. The Morgan fingerprint density at radius 2 is 1.85 bits per heavy atom. The highest BCUT2D eigenvalue weighted by Crippen LogP contribution is 2.16. The molecule has 2 rings (SSSR count). The van der Waals surface area contributed by atoms with E-state index in [0.29, 0.717) is 29.9 Å². The molecule has 2 aromatic rings. The quantitative estimate of drug-likeness (QED) is 0.305. The van der Waals surface area contributed by atoms with Crippen molar-refractivity contribution in [3.8, 4) is 5.69 Å². The molecule has 180 valence electrons. The number of carboxylic acid groups (broad SMARTS) is 3. The van der Waals surface area contributed by atoms with Crippen molar-refractivity contribution in [1.82, 2.24) is 19.9 Å². The van der Waals surface area contributed by atoms with E-state index < -0.39 is 36.7 Å². The maximum absolute atomic E-state index is 12.3. The van der Waals surface area contributed by atoms with Crippen LogP contribution in [-0.2, 0) is 20.8 Å². The Morgan fingerprint density at radius 1 is 1.15 bits per heavy atom. The third-order valence-corrected chi connectivity index (χ3v) is 4.99. The maximum atomic E-state index is 12.3. The molecule has 0 aliphatic rings. The van der Waals surface area contributed by atoms with Crippen molar-refractivity contribution in [1.29, 1.82) is 0 Å². The largest absolute Gasteiger partial charge is 0.481 e. The van der Waals surface area contributed by atoms with Crippen LogP contribution >= 0.6 is 0 Å². The van der Waals surface area contributed by atoms with Gasteiger partial charge in [-0.1, -0.05) is 5.21 Å². The Hall–Kier alpha value is -3.54. The zero-order chi connectivity index (χ0) is 24.4. The Labute approximate surface area is 189 Å². The first kappa shape index (κ1) is 25.7. The molecule has 0 amide bonds. The van der Waals surface area contributed by atoms with Gasteiger partial charge in [0, 0.05) is 24.7 Å². The van der Waals surface area contributed by atoms with Crippen molar-refractivity contribution in [2.24, 2.45) is 0 Å². The number of carboxylic acids is 3. The summed E-state index contributed by atoms with van der Waals surface area (Å²) < 4.78 is 13.9. The number of hydrogen-bond donors (Lipinski definition) is 4. The van der Waals surface area contributed by atoms with Crippen LogP contribution in [0.3, 0.4) is 0 Å². The molecule has 0 saturated carbocycles. The summed E-state index contributed by atoms with van der Waals surface area (Å²) in [5, 5.41) is 38.6. The van der Waals surface area contributed by atoms with Crippen molar-refractivity contribution in [3.63, 3.8) is 0 Å². The number of aromatic nitrogens is 3. The van der Waals surface area contributed by atoms with Crippen LogP contribution in [0.1, 0.15) is 31.4 Å². The van der Waals surface area contributed by atoms with Gasteiger partial charge >= 0.3 is 17.9 Å². The summed E-state index contributed by atoms with van der Waals surface area (Å²) in [6.07, 6.45) is 1.91. The van der Waals surface area contributed by atoms with Gasteiger partial charge in [0.15, 0.2) is 0 Å². The lowest BCUT2D eigenvalue weighted by Gasteiger charge is -2.29. The minimum Gasteiger partial charge on any atom is -0.481 e. The van der Waals surface area contributed by atoms with Crippen LogP contribution in [0.2, 0.25) is 0 Å². The Bertz CT molecular complexity index is 935. The number of hydrogen-bond acceptors (Lipinski definition) is 7. The number of anilines is 1. The summed E-state index contributed by atoms with van der Waals surface area (Å²) in [4.78, 5) is 35.1. The topological polar surface area (TPSA) is 158 Å². The SMILES string of the molecule is CN(C[C@H](CC(=O)O)Nc1ccc(-n2cc(CCCF)nn2)cc1)[C@@H](CCC(=O)O)C(=O)O. The maximum Gasteiger partial charge on any atom is 0.320 e. The average Bonchev–Trinajstić information content (AvgIpc) is 3.21. The predicted octanol–water partition coefficient (Wildman–Crippen LogP) is 1.67. The van der Waals surface area contributed by atoms with E-state index in [1.54, 1.807) is 35.1 Å². The van der Waals surface area contributed by atoms with Crippen LogP contribution in [-0.4, -0.2) is 85.5 Å². The van der Waals surface area contributed by atoms with Crippen molar-refractivity contribution >= 4 is 23.6 Å². The molecule has 0 fully saturated rings. The van der Waals surface area contributed by atoms with E-state index in [-0.39, 0.29) is 25.8 Å². The van der Waals surface area contributed by atoms with Crippen molar-refractivity contribution < 1.29 is 34.1 Å². The molecule has 33 heavy (non-hydrogen) atoms. The molecular formula is C21H28FN5O6. The number of nitrogens with one attached hydrogen (secondary N) is 1. The summed E-state index contributed by atoms with van der Waals surface area (Å²) >= 11 is 0. The first-order valence-electron chi connectivity index (χ1n) is 10.4. The number of alkyl halides is 1. The van der Waals surface area contributed by atoms with Crippen molar-refractivity contribution in [3.05, 3.63) is 36.2 Å². The predicted molar refractivity (Wildman–Crippen MR) is 116 cm³/mol. The molecule has 1 aromatic heterocycles. The Morgan fingerprint density at radius 3 is 2.42 bits per heavy atom. The molecule has 1 aromatic carbocycles. The van der Waals surface area contributed by atoms with E-state index >= 15 is 0 Å². The lowest BCUT2D eigenvalue weighted by molar-refractivity contribution is -0.144. The van der Waals surface area contributed by atoms with Crippen LogP contribution in [0.15, 0.2) is 30.5 Å². The highest BCUT2D eigenvalue weighted by atomic mass is 19.1. The molecule has 0 aliphatic heterocycles. The van der Waals surface area contributed by atoms with Gasteiger partial charge in [0.2, 0.25) is 0 Å². The molecular weight excluding hydrogens is 437 g/mol. The zero-order valence-corrected chi connectivity index (χ0v) is 18.2. The fraction of sp³-hybridized carbons (Fsp3) is 0.476. The van der Waals surface area contributed by atoms with Crippen molar-refractivity contribution in [2.75, 3.05) is 25.6 Å². The van der Waals surface area contributed by atoms with Crippen LogP contribution in [0.4, 0.5) is 10.1 Å². The fourth-order valence-electron chi connectivity index (χ4n) is 3.37. The first-order valence-corrected chi connectivity index (χ1v) is 10.4. The molecule has 12 heteroatoms. The van der Waals surface area contributed by atoms with Gasteiger partial charge in [-0.3, -0.25) is 23.7 Å². The zero-order valence-electron chi connectivity index (χ0n) is 18.2. The monoisotopic (exact) mass is 465 g/mol. The molecule has 0 radical (unpaired) electrons. The molecule has 1 heterocycles. The third kappa shape index (κ3) is 8.48. The number of rotatable bonds is 15. The molecule has 0 aliphatic carbocycles. The van der Waals surface area contributed by atoms with Crippen LogP contribution in [0, 0.1) is 0 Å². The number of aryl methyl sites for hydroxylation is 1. The van der Waals surface area contributed by atoms with E-state index in [2.05, 4.69) is 15.6 Å². The van der Waals surface area contributed by atoms with Crippen molar-refractivity contribution in [2.45, 2.75) is 44.2 Å². The second-order valence-corrected chi connectivity index (χ2v) is 7.66. The number of aliphatic carboxylic acids is 3. The van der Waals surface area contributed by atoms with Gasteiger partial charge in [0.25, 0.3) is 0 Å². The number of benzene rings is 1. The number of likely N-dealkylation sites (N-methyl/N-ethyl adjacent to an activating group) is 1. The van der Waals surface area contributed by atoms with Gasteiger partial charge in [-0.15, -0.1) is 5.10 Å². The van der Waals surface area contributed by atoms with Crippen LogP contribution in [0.25, 0.3) is 5.69 Å². The Kier molecular flexibility index (Phi) is 9.73. The summed E-state index contributed by atoms with van der Waals surface area (Å²) in [7, 11) is 1.52. The highest BCUT2D eigenvalue weighted by molar-refractivity contribution is 5.75. The third-order valence-electron chi connectivity index (χ3n) is 4.99. The molecule has 0 unspecified atom stereocenters. The number of carbonyl (C=O) groups is 3. The van der Waals surface area contributed by atoms with Gasteiger partial charge in [0.1, 0.15) is 6.04 Å². The van der Waals surface area contributed by atoms with Crippen LogP contribution < -0.4 is 5.32 Å². The smallest absolute Gasteiger partial charge is 0.320 e. The van der Waals surface area contributed by atoms with Gasteiger partial charge in [-0.2, -0.15) is 0 Å². The number of halogens is 1. The average molecular weight is 465 g/mol. The summed E-state index contributed by atoms with van der Waals surface area (Å²) in [5.41, 5.74) is 2.01. The molecule has 0 spiro atoms. The van der Waals surface area contributed by atoms with E-state index in [0.717, 1.165) is 0 Å². The van der Waals surface area contributed by atoms with E-state index in [1.807, 2.05) is 0 Å². The van der Waals surface area contributed by atoms with E-state index in [1.165, 1.54) is 11.9 Å².